The van der Waals surface area contributed by atoms with Gasteiger partial charge in [0.05, 0.1) is 0 Å². The summed E-state index contributed by atoms with van der Waals surface area (Å²) in [7, 11) is 0. The molecule has 3 aromatic heterocycles. The number of aryl methyl sites for hydroxylation is 1. The van der Waals surface area contributed by atoms with Crippen LogP contribution in [0.5, 0.6) is 0 Å². The zero-order chi connectivity index (χ0) is 21.1. The first-order chi connectivity index (χ1) is 14.4. The van der Waals surface area contributed by atoms with Crippen LogP contribution < -0.4 is 9.80 Å². The van der Waals surface area contributed by atoms with E-state index in [-0.39, 0.29) is 5.95 Å². The summed E-state index contributed by atoms with van der Waals surface area (Å²) in [6, 6.07) is 8.41. The van der Waals surface area contributed by atoms with Crippen molar-refractivity contribution in [3.8, 4) is 11.5 Å². The molecular weight excluding hydrogens is 395 g/mol. The predicted molar refractivity (Wildman–Crippen MR) is 106 cm³/mol. The van der Waals surface area contributed by atoms with Gasteiger partial charge in [-0.3, -0.25) is 4.98 Å². The maximum atomic E-state index is 12.9. The van der Waals surface area contributed by atoms with E-state index in [1.807, 2.05) is 31.2 Å². The molecule has 0 atom stereocenters. The average Bonchev–Trinajstić information content (AvgIpc) is 2.79. The molecule has 1 aliphatic rings. The van der Waals surface area contributed by atoms with Crippen LogP contribution in [0.4, 0.5) is 24.9 Å². The van der Waals surface area contributed by atoms with E-state index in [2.05, 4.69) is 29.8 Å². The van der Waals surface area contributed by atoms with Crippen LogP contribution in [0, 0.1) is 0 Å². The summed E-state index contributed by atoms with van der Waals surface area (Å²) >= 11 is 0. The van der Waals surface area contributed by atoms with Crippen molar-refractivity contribution < 1.29 is 13.2 Å². The Morgan fingerprint density at radius 3 is 2.33 bits per heavy atom. The normalized spacial score (nSPS) is 14.8. The van der Waals surface area contributed by atoms with Crippen LogP contribution in [0.1, 0.15) is 18.3 Å². The third-order valence-electron chi connectivity index (χ3n) is 4.84. The van der Waals surface area contributed by atoms with Crippen molar-refractivity contribution in [2.24, 2.45) is 0 Å². The summed E-state index contributed by atoms with van der Waals surface area (Å²) in [5, 5.41) is 0. The molecule has 0 saturated carbocycles. The topological polar surface area (TPSA) is 70.9 Å². The summed E-state index contributed by atoms with van der Waals surface area (Å²) in [6.07, 6.45) is -0.883. The molecule has 0 amide bonds. The molecule has 30 heavy (non-hydrogen) atoms. The first-order valence-corrected chi connectivity index (χ1v) is 9.63. The zero-order valence-electron chi connectivity index (χ0n) is 16.3. The van der Waals surface area contributed by atoms with Crippen molar-refractivity contribution in [3.05, 3.63) is 54.1 Å². The van der Waals surface area contributed by atoms with E-state index in [9.17, 15) is 13.2 Å². The van der Waals surface area contributed by atoms with Crippen molar-refractivity contribution in [2.45, 2.75) is 19.5 Å². The van der Waals surface area contributed by atoms with Crippen LogP contribution in [0.25, 0.3) is 11.5 Å². The summed E-state index contributed by atoms with van der Waals surface area (Å²) in [5.74, 6) is 1.44. The Morgan fingerprint density at radius 1 is 0.900 bits per heavy atom. The van der Waals surface area contributed by atoms with E-state index >= 15 is 0 Å². The summed E-state index contributed by atoms with van der Waals surface area (Å²) in [5.41, 5.74) is 0.674. The molecule has 7 nitrogen and oxygen atoms in total. The summed E-state index contributed by atoms with van der Waals surface area (Å²) in [4.78, 5) is 25.1. The fourth-order valence-corrected chi connectivity index (χ4v) is 3.23. The van der Waals surface area contributed by atoms with Crippen LogP contribution in [-0.4, -0.2) is 51.1 Å². The van der Waals surface area contributed by atoms with E-state index in [1.165, 1.54) is 0 Å². The second kappa shape index (κ2) is 8.21. The SMILES string of the molecule is CCc1cc(N2CCN(c3nccc(C(F)(F)F)n3)CC2)nc(-c2ccccn2)n1. The summed E-state index contributed by atoms with van der Waals surface area (Å²) in [6.45, 7) is 4.18. The minimum absolute atomic E-state index is 0.0931. The molecule has 0 N–H and O–H groups in total. The molecule has 1 aliphatic heterocycles. The van der Waals surface area contributed by atoms with Crippen molar-refractivity contribution in [1.29, 1.82) is 0 Å². The predicted octanol–water partition coefficient (Wildman–Crippen LogP) is 3.24. The van der Waals surface area contributed by atoms with Crippen LogP contribution in [0.2, 0.25) is 0 Å². The van der Waals surface area contributed by atoms with Gasteiger partial charge >= 0.3 is 6.18 Å². The standard InChI is InChI=1S/C20H20F3N7/c1-2-14-13-17(28-18(26-14)15-5-3-4-7-24-15)29-9-11-30(12-10-29)19-25-8-6-16(27-19)20(21,22)23/h3-8,13H,2,9-12H2,1H3. The van der Waals surface area contributed by atoms with E-state index in [1.54, 1.807) is 11.1 Å². The van der Waals surface area contributed by atoms with Gasteiger partial charge in [-0.25, -0.2) is 19.9 Å². The highest BCUT2D eigenvalue weighted by atomic mass is 19.4. The number of piperazine rings is 1. The van der Waals surface area contributed by atoms with E-state index in [0.717, 1.165) is 30.2 Å². The molecule has 0 aromatic carbocycles. The molecule has 156 valence electrons. The Morgan fingerprint density at radius 2 is 1.67 bits per heavy atom. The Balaban J connectivity index is 1.52. The Labute approximate surface area is 171 Å². The van der Waals surface area contributed by atoms with Crippen LogP contribution in [0.15, 0.2) is 42.7 Å². The quantitative estimate of drug-likeness (QED) is 0.648. The van der Waals surface area contributed by atoms with Gasteiger partial charge in [-0.2, -0.15) is 13.2 Å². The first-order valence-electron chi connectivity index (χ1n) is 9.63. The second-order valence-electron chi connectivity index (χ2n) is 6.82. The molecule has 10 heteroatoms. The van der Waals surface area contributed by atoms with Crippen molar-refractivity contribution in [1.82, 2.24) is 24.9 Å². The number of halogens is 3. The van der Waals surface area contributed by atoms with Crippen molar-refractivity contribution in [2.75, 3.05) is 36.0 Å². The number of anilines is 2. The van der Waals surface area contributed by atoms with E-state index < -0.39 is 11.9 Å². The van der Waals surface area contributed by atoms with Gasteiger partial charge in [-0.1, -0.05) is 13.0 Å². The minimum Gasteiger partial charge on any atom is -0.353 e. The fourth-order valence-electron chi connectivity index (χ4n) is 3.23. The molecule has 3 aromatic rings. The average molecular weight is 415 g/mol. The molecule has 0 radical (unpaired) electrons. The van der Waals surface area contributed by atoms with Crippen LogP contribution >= 0.6 is 0 Å². The molecule has 4 rings (SSSR count). The minimum atomic E-state index is -4.49. The van der Waals surface area contributed by atoms with Crippen molar-refractivity contribution in [3.63, 3.8) is 0 Å². The lowest BCUT2D eigenvalue weighted by Crippen LogP contribution is -2.47. The first kappa shape index (κ1) is 20.0. The molecule has 0 unspecified atom stereocenters. The van der Waals surface area contributed by atoms with Crippen molar-refractivity contribution >= 4 is 11.8 Å². The molecule has 4 heterocycles. The zero-order valence-corrected chi connectivity index (χ0v) is 16.3. The molecule has 0 aliphatic carbocycles. The van der Waals surface area contributed by atoms with Gasteiger partial charge < -0.3 is 9.80 Å². The van der Waals surface area contributed by atoms with Gasteiger partial charge in [-0.15, -0.1) is 0 Å². The third-order valence-corrected chi connectivity index (χ3v) is 4.84. The van der Waals surface area contributed by atoms with Crippen LogP contribution in [0.3, 0.4) is 0 Å². The Bertz CT molecular complexity index is 1000. The summed E-state index contributed by atoms with van der Waals surface area (Å²) < 4.78 is 38.8. The van der Waals surface area contributed by atoms with Gasteiger partial charge in [0.25, 0.3) is 0 Å². The lowest BCUT2D eigenvalue weighted by atomic mass is 10.2. The fraction of sp³-hybridized carbons (Fsp3) is 0.350. The van der Waals surface area contributed by atoms with Crippen LogP contribution in [-0.2, 0) is 12.6 Å². The Kier molecular flexibility index (Phi) is 5.47. The number of rotatable bonds is 4. The molecule has 1 fully saturated rings. The molecular formula is C20H20F3N7. The highest BCUT2D eigenvalue weighted by molar-refractivity contribution is 5.54. The maximum absolute atomic E-state index is 12.9. The van der Waals surface area contributed by atoms with E-state index in [4.69, 9.17) is 0 Å². The molecule has 1 saturated heterocycles. The van der Waals surface area contributed by atoms with Gasteiger partial charge in [0, 0.05) is 50.3 Å². The number of aromatic nitrogens is 5. The van der Waals surface area contributed by atoms with E-state index in [0.29, 0.717) is 37.7 Å². The van der Waals surface area contributed by atoms with Gasteiger partial charge in [0.1, 0.15) is 17.2 Å². The number of pyridine rings is 1. The number of nitrogens with zero attached hydrogens (tertiary/aromatic N) is 7. The lowest BCUT2D eigenvalue weighted by molar-refractivity contribution is -0.141. The molecule has 0 spiro atoms. The number of hydrogen-bond acceptors (Lipinski definition) is 7. The lowest BCUT2D eigenvalue weighted by Gasteiger charge is -2.35. The second-order valence-corrected chi connectivity index (χ2v) is 6.82. The maximum Gasteiger partial charge on any atom is 0.433 e. The van der Waals surface area contributed by atoms with Gasteiger partial charge in [0.15, 0.2) is 5.82 Å². The monoisotopic (exact) mass is 415 g/mol. The smallest absolute Gasteiger partial charge is 0.353 e. The largest absolute Gasteiger partial charge is 0.433 e. The highest BCUT2D eigenvalue weighted by Gasteiger charge is 2.33. The van der Waals surface area contributed by atoms with Gasteiger partial charge in [-0.05, 0) is 24.6 Å². The third kappa shape index (κ3) is 4.32. The van der Waals surface area contributed by atoms with Gasteiger partial charge in [0.2, 0.25) is 5.95 Å². The Hall–Kier alpha value is -3.30. The molecule has 0 bridgehead atoms. The number of alkyl halides is 3. The highest BCUT2D eigenvalue weighted by Crippen LogP contribution is 2.28. The number of hydrogen-bond donors (Lipinski definition) is 0.